The van der Waals surface area contributed by atoms with Gasteiger partial charge in [0, 0.05) is 24.0 Å². The van der Waals surface area contributed by atoms with Crippen LogP contribution in [-0.4, -0.2) is 22.3 Å². The predicted octanol–water partition coefficient (Wildman–Crippen LogP) is 1.88. The fourth-order valence-corrected chi connectivity index (χ4v) is 2.75. The van der Waals surface area contributed by atoms with E-state index in [4.69, 9.17) is 5.26 Å². The van der Waals surface area contributed by atoms with E-state index in [9.17, 15) is 4.79 Å². The van der Waals surface area contributed by atoms with Gasteiger partial charge in [0.2, 0.25) is 5.91 Å². The molecular formula is C11H13N3OS. The number of nitrogens with zero attached hydrogens (tertiary/aromatic N) is 3. The Morgan fingerprint density at radius 1 is 1.75 bits per heavy atom. The quantitative estimate of drug-likeness (QED) is 0.786. The van der Waals surface area contributed by atoms with E-state index in [-0.39, 0.29) is 17.9 Å². The highest BCUT2D eigenvalue weighted by molar-refractivity contribution is 7.09. The Morgan fingerprint density at radius 3 is 3.00 bits per heavy atom. The number of thiazole rings is 1. The Hall–Kier alpha value is -1.41. The molecule has 2 heterocycles. The minimum absolute atomic E-state index is 0.00968. The molecule has 0 saturated carbocycles. The molecule has 1 saturated heterocycles. The van der Waals surface area contributed by atoms with Crippen molar-refractivity contribution in [3.05, 3.63) is 16.1 Å². The molecular weight excluding hydrogens is 222 g/mol. The fraction of sp³-hybridized carbons (Fsp3) is 0.545. The zero-order valence-electron chi connectivity index (χ0n) is 9.30. The summed E-state index contributed by atoms with van der Waals surface area (Å²) in [6.45, 7) is 4.45. The lowest BCUT2D eigenvalue weighted by molar-refractivity contribution is -0.129. The van der Waals surface area contributed by atoms with Crippen LogP contribution < -0.4 is 0 Å². The van der Waals surface area contributed by atoms with Gasteiger partial charge in [0.1, 0.15) is 5.01 Å². The molecule has 1 amide bonds. The monoisotopic (exact) mass is 235 g/mol. The molecule has 1 aliphatic rings. The topological polar surface area (TPSA) is 57.0 Å². The van der Waals surface area contributed by atoms with E-state index in [1.807, 2.05) is 19.2 Å². The van der Waals surface area contributed by atoms with E-state index in [2.05, 4.69) is 11.1 Å². The lowest BCUT2D eigenvalue weighted by Gasteiger charge is -2.22. The number of carbonyl (C=O) groups is 1. The lowest BCUT2D eigenvalue weighted by Crippen LogP contribution is -2.28. The van der Waals surface area contributed by atoms with Gasteiger partial charge in [-0.2, -0.15) is 5.26 Å². The molecule has 0 spiro atoms. The highest BCUT2D eigenvalue weighted by Gasteiger charge is 2.33. The number of hydrogen-bond acceptors (Lipinski definition) is 4. The molecule has 2 unspecified atom stereocenters. The van der Waals surface area contributed by atoms with Gasteiger partial charge in [0.05, 0.1) is 18.0 Å². The molecule has 0 aromatic carbocycles. The number of nitriles is 1. The van der Waals surface area contributed by atoms with Crippen molar-refractivity contribution in [2.75, 3.05) is 6.54 Å². The fourth-order valence-electron chi connectivity index (χ4n) is 1.89. The van der Waals surface area contributed by atoms with Crippen LogP contribution in [0.5, 0.6) is 0 Å². The standard InChI is InChI=1S/C11H13N3OS/c1-7-6-16-11(13-7)8(2)14-5-9(4-12)3-10(14)15/h6,8-9H,3,5H2,1-2H3. The molecule has 84 valence electrons. The van der Waals surface area contributed by atoms with Gasteiger partial charge in [-0.3, -0.25) is 4.79 Å². The van der Waals surface area contributed by atoms with E-state index in [0.29, 0.717) is 13.0 Å². The summed E-state index contributed by atoms with van der Waals surface area (Å²) in [6, 6.07) is 2.15. The van der Waals surface area contributed by atoms with Gasteiger partial charge in [0.15, 0.2) is 0 Å². The molecule has 5 heteroatoms. The van der Waals surface area contributed by atoms with E-state index < -0.39 is 0 Å². The smallest absolute Gasteiger partial charge is 0.224 e. The zero-order chi connectivity index (χ0) is 11.7. The first-order chi connectivity index (χ1) is 7.61. The molecule has 1 aromatic heterocycles. The van der Waals surface area contributed by atoms with Crippen LogP contribution in [0.2, 0.25) is 0 Å². The SMILES string of the molecule is Cc1csc(C(C)N2CC(C#N)CC2=O)n1. The molecule has 0 bridgehead atoms. The average Bonchev–Trinajstić information content (AvgIpc) is 2.83. The van der Waals surface area contributed by atoms with Crippen molar-refractivity contribution >= 4 is 17.2 Å². The predicted molar refractivity (Wildman–Crippen MR) is 60.7 cm³/mol. The Bertz CT molecular complexity index is 448. The number of likely N-dealkylation sites (tertiary alicyclic amines) is 1. The summed E-state index contributed by atoms with van der Waals surface area (Å²) in [5, 5.41) is 11.7. The Kier molecular flexibility index (Phi) is 2.92. The molecule has 2 atom stereocenters. The van der Waals surface area contributed by atoms with Crippen molar-refractivity contribution < 1.29 is 4.79 Å². The largest absolute Gasteiger partial charge is 0.332 e. The van der Waals surface area contributed by atoms with Gasteiger partial charge in [0.25, 0.3) is 0 Å². The zero-order valence-corrected chi connectivity index (χ0v) is 10.1. The minimum atomic E-state index is -0.156. The van der Waals surface area contributed by atoms with Crippen molar-refractivity contribution in [2.24, 2.45) is 5.92 Å². The lowest BCUT2D eigenvalue weighted by atomic mass is 10.1. The van der Waals surface area contributed by atoms with Crippen molar-refractivity contribution in [1.29, 1.82) is 5.26 Å². The average molecular weight is 235 g/mol. The third-order valence-corrected chi connectivity index (χ3v) is 3.94. The van der Waals surface area contributed by atoms with Gasteiger partial charge in [-0.1, -0.05) is 0 Å². The first kappa shape index (κ1) is 11.1. The van der Waals surface area contributed by atoms with Crippen LogP contribution in [0.1, 0.15) is 30.1 Å². The van der Waals surface area contributed by atoms with Crippen LogP contribution in [0, 0.1) is 24.2 Å². The van der Waals surface area contributed by atoms with Gasteiger partial charge < -0.3 is 4.90 Å². The second-order valence-electron chi connectivity index (χ2n) is 4.08. The molecule has 1 fully saturated rings. The molecule has 2 rings (SSSR count). The molecule has 0 aliphatic carbocycles. The van der Waals surface area contributed by atoms with E-state index in [0.717, 1.165) is 10.7 Å². The first-order valence-corrected chi connectivity index (χ1v) is 6.11. The molecule has 0 radical (unpaired) electrons. The summed E-state index contributed by atoms with van der Waals surface area (Å²) in [7, 11) is 0. The number of hydrogen-bond donors (Lipinski definition) is 0. The highest BCUT2D eigenvalue weighted by Crippen LogP contribution is 2.29. The van der Waals surface area contributed by atoms with Crippen LogP contribution in [0.15, 0.2) is 5.38 Å². The summed E-state index contributed by atoms with van der Waals surface area (Å²) >= 11 is 1.57. The molecule has 1 aliphatic heterocycles. The number of rotatable bonds is 2. The Morgan fingerprint density at radius 2 is 2.50 bits per heavy atom. The third-order valence-electron chi connectivity index (χ3n) is 2.80. The van der Waals surface area contributed by atoms with Crippen LogP contribution in [0.4, 0.5) is 0 Å². The van der Waals surface area contributed by atoms with Crippen LogP contribution >= 0.6 is 11.3 Å². The Labute approximate surface area is 98.5 Å². The van der Waals surface area contributed by atoms with Crippen molar-refractivity contribution in [1.82, 2.24) is 9.88 Å². The molecule has 16 heavy (non-hydrogen) atoms. The summed E-state index contributed by atoms with van der Waals surface area (Å²) < 4.78 is 0. The normalized spacial score (nSPS) is 22.2. The molecule has 0 N–H and O–H groups in total. The van der Waals surface area contributed by atoms with Crippen LogP contribution in [-0.2, 0) is 4.79 Å². The second kappa shape index (κ2) is 4.22. The van der Waals surface area contributed by atoms with Gasteiger partial charge >= 0.3 is 0 Å². The summed E-state index contributed by atoms with van der Waals surface area (Å²) in [6.07, 6.45) is 0.352. The van der Waals surface area contributed by atoms with E-state index >= 15 is 0 Å². The van der Waals surface area contributed by atoms with Crippen molar-refractivity contribution in [2.45, 2.75) is 26.3 Å². The Balaban J connectivity index is 2.14. The van der Waals surface area contributed by atoms with Crippen molar-refractivity contribution in [3.63, 3.8) is 0 Å². The maximum atomic E-state index is 11.7. The van der Waals surface area contributed by atoms with Crippen LogP contribution in [0.25, 0.3) is 0 Å². The van der Waals surface area contributed by atoms with Crippen molar-refractivity contribution in [3.8, 4) is 6.07 Å². The van der Waals surface area contributed by atoms with Gasteiger partial charge in [-0.25, -0.2) is 4.98 Å². The van der Waals surface area contributed by atoms with Gasteiger partial charge in [-0.15, -0.1) is 11.3 Å². The van der Waals surface area contributed by atoms with E-state index in [1.54, 1.807) is 16.2 Å². The minimum Gasteiger partial charge on any atom is -0.332 e. The maximum absolute atomic E-state index is 11.7. The maximum Gasteiger partial charge on any atom is 0.224 e. The number of aryl methyl sites for hydroxylation is 1. The number of carbonyl (C=O) groups excluding carboxylic acids is 1. The highest BCUT2D eigenvalue weighted by atomic mass is 32.1. The van der Waals surface area contributed by atoms with Gasteiger partial charge in [-0.05, 0) is 13.8 Å². The molecule has 1 aromatic rings. The van der Waals surface area contributed by atoms with E-state index in [1.165, 1.54) is 0 Å². The number of aromatic nitrogens is 1. The summed E-state index contributed by atoms with van der Waals surface area (Å²) in [4.78, 5) is 17.9. The molecule has 4 nitrogen and oxygen atoms in total. The first-order valence-electron chi connectivity index (χ1n) is 5.23. The summed E-state index contributed by atoms with van der Waals surface area (Å²) in [5.74, 6) is -0.0945. The van der Waals surface area contributed by atoms with Crippen LogP contribution in [0.3, 0.4) is 0 Å². The third kappa shape index (κ3) is 1.93. The number of amides is 1. The summed E-state index contributed by atoms with van der Waals surface area (Å²) in [5.41, 5.74) is 0.982. The second-order valence-corrected chi connectivity index (χ2v) is 4.97.